The van der Waals surface area contributed by atoms with Crippen LogP contribution in [0.1, 0.15) is 44.7 Å². The Hall–Kier alpha value is -2.37. The molecule has 0 saturated carbocycles. The molecule has 0 aliphatic carbocycles. The number of aryl methyl sites for hydroxylation is 1. The molecule has 122 valence electrons. The molecule has 1 saturated heterocycles. The minimum atomic E-state index is -0.503. The quantitative estimate of drug-likeness (QED) is 0.844. The fourth-order valence-corrected chi connectivity index (χ4v) is 2.55. The second-order valence-corrected chi connectivity index (χ2v) is 6.73. The summed E-state index contributed by atoms with van der Waals surface area (Å²) in [4.78, 5) is 18.1. The van der Waals surface area contributed by atoms with Crippen LogP contribution in [0.2, 0.25) is 0 Å². The van der Waals surface area contributed by atoms with Crippen molar-refractivity contribution in [3.8, 4) is 11.3 Å². The molecule has 3 rings (SSSR count). The zero-order valence-corrected chi connectivity index (χ0v) is 13.9. The molecule has 0 bridgehead atoms. The van der Waals surface area contributed by atoms with Gasteiger partial charge in [-0.3, -0.25) is 9.88 Å². The molecular weight excluding hydrogens is 294 g/mol. The van der Waals surface area contributed by atoms with Gasteiger partial charge in [-0.25, -0.2) is 4.79 Å². The Bertz CT molecular complexity index is 718. The molecule has 6 nitrogen and oxygen atoms in total. The highest BCUT2D eigenvalue weighted by atomic mass is 16.6. The number of carbonyl (C=O) groups is 1. The Balaban J connectivity index is 1.76. The van der Waals surface area contributed by atoms with Crippen molar-refractivity contribution in [1.82, 2.24) is 15.0 Å². The lowest BCUT2D eigenvalue weighted by atomic mass is 10.00. The molecule has 23 heavy (non-hydrogen) atoms. The summed E-state index contributed by atoms with van der Waals surface area (Å²) in [6.07, 6.45) is 2.28. The van der Waals surface area contributed by atoms with Crippen molar-refractivity contribution in [2.75, 3.05) is 6.54 Å². The highest BCUT2D eigenvalue weighted by Gasteiger charge is 2.38. The van der Waals surface area contributed by atoms with Gasteiger partial charge in [0.05, 0.1) is 6.04 Å². The van der Waals surface area contributed by atoms with E-state index in [-0.39, 0.29) is 12.1 Å². The lowest BCUT2D eigenvalue weighted by Crippen LogP contribution is -2.47. The Morgan fingerprint density at radius 3 is 2.83 bits per heavy atom. The molecule has 1 fully saturated rings. The fraction of sp³-hybridized carbons (Fsp3) is 0.471. The molecule has 0 N–H and O–H groups in total. The van der Waals surface area contributed by atoms with Gasteiger partial charge in [-0.2, -0.15) is 0 Å². The molecule has 1 aliphatic heterocycles. The maximum Gasteiger partial charge on any atom is 0.410 e. The van der Waals surface area contributed by atoms with E-state index in [1.165, 1.54) is 0 Å². The van der Waals surface area contributed by atoms with E-state index in [2.05, 4.69) is 10.1 Å². The molecule has 6 heteroatoms. The molecule has 3 heterocycles. The third kappa shape index (κ3) is 3.21. The minimum Gasteiger partial charge on any atom is -0.444 e. The number of nitrogens with zero attached hydrogens (tertiary/aromatic N) is 3. The number of aromatic nitrogens is 2. The SMILES string of the molecule is Cc1ncccc1-c1cc([C@@H]2CCN2C(=O)OC(C)(C)C)on1. The molecule has 2 aromatic heterocycles. The van der Waals surface area contributed by atoms with Gasteiger partial charge in [0.15, 0.2) is 5.76 Å². The highest BCUT2D eigenvalue weighted by Crippen LogP contribution is 2.36. The molecule has 1 amide bonds. The molecule has 1 aliphatic rings. The Labute approximate surface area is 135 Å². The summed E-state index contributed by atoms with van der Waals surface area (Å²) in [5, 5.41) is 4.12. The van der Waals surface area contributed by atoms with Crippen molar-refractivity contribution in [2.45, 2.75) is 45.8 Å². The molecule has 2 aromatic rings. The molecule has 0 radical (unpaired) electrons. The van der Waals surface area contributed by atoms with Gasteiger partial charge < -0.3 is 9.26 Å². The van der Waals surface area contributed by atoms with E-state index in [1.54, 1.807) is 11.1 Å². The largest absolute Gasteiger partial charge is 0.444 e. The number of ether oxygens (including phenoxy) is 1. The molecular formula is C17H21N3O3. The summed E-state index contributed by atoms with van der Waals surface area (Å²) in [7, 11) is 0. The van der Waals surface area contributed by atoms with Crippen LogP contribution in [0, 0.1) is 6.92 Å². The number of likely N-dealkylation sites (tertiary alicyclic amines) is 1. The average Bonchev–Trinajstić information content (AvgIpc) is 2.84. The number of pyridine rings is 1. The predicted octanol–water partition coefficient (Wildman–Crippen LogP) is 3.73. The van der Waals surface area contributed by atoms with E-state index in [0.29, 0.717) is 12.3 Å². The molecule has 0 spiro atoms. The topological polar surface area (TPSA) is 68.5 Å². The standard InChI is InChI=1S/C17H21N3O3/c1-11-12(6-5-8-18-11)13-10-15(23-19-13)14-7-9-20(14)16(21)22-17(2,3)4/h5-6,8,10,14H,7,9H2,1-4H3/t14-/m0/s1. The third-order valence-electron chi connectivity index (χ3n) is 3.79. The number of amides is 1. The van der Waals surface area contributed by atoms with Crippen LogP contribution in [-0.4, -0.2) is 33.3 Å². The van der Waals surface area contributed by atoms with E-state index >= 15 is 0 Å². The zero-order valence-electron chi connectivity index (χ0n) is 13.9. The van der Waals surface area contributed by atoms with Crippen molar-refractivity contribution in [3.63, 3.8) is 0 Å². The minimum absolute atomic E-state index is 0.108. The average molecular weight is 315 g/mol. The summed E-state index contributed by atoms with van der Waals surface area (Å²) in [6.45, 7) is 8.17. The Kier molecular flexibility index (Phi) is 3.83. The first-order valence-electron chi connectivity index (χ1n) is 7.73. The van der Waals surface area contributed by atoms with Crippen LogP contribution < -0.4 is 0 Å². The van der Waals surface area contributed by atoms with Gasteiger partial charge in [0.1, 0.15) is 11.3 Å². The highest BCUT2D eigenvalue weighted by molar-refractivity contribution is 5.70. The Morgan fingerprint density at radius 2 is 2.22 bits per heavy atom. The van der Waals surface area contributed by atoms with Crippen LogP contribution in [0.25, 0.3) is 11.3 Å². The van der Waals surface area contributed by atoms with Crippen molar-refractivity contribution in [1.29, 1.82) is 0 Å². The van der Waals surface area contributed by atoms with Crippen molar-refractivity contribution in [3.05, 3.63) is 35.9 Å². The van der Waals surface area contributed by atoms with Gasteiger partial charge in [-0.15, -0.1) is 0 Å². The van der Waals surface area contributed by atoms with E-state index in [0.717, 1.165) is 23.4 Å². The second kappa shape index (κ2) is 5.68. The molecule has 0 aromatic carbocycles. The lowest BCUT2D eigenvalue weighted by Gasteiger charge is -2.39. The van der Waals surface area contributed by atoms with Crippen LogP contribution in [0.5, 0.6) is 0 Å². The van der Waals surface area contributed by atoms with Gasteiger partial charge in [0.25, 0.3) is 0 Å². The summed E-state index contributed by atoms with van der Waals surface area (Å²) < 4.78 is 10.9. The summed E-state index contributed by atoms with van der Waals surface area (Å²) in [5.74, 6) is 0.681. The fourth-order valence-electron chi connectivity index (χ4n) is 2.55. The zero-order chi connectivity index (χ0) is 16.6. The Morgan fingerprint density at radius 1 is 1.43 bits per heavy atom. The van der Waals surface area contributed by atoms with E-state index in [4.69, 9.17) is 9.26 Å². The lowest BCUT2D eigenvalue weighted by molar-refractivity contribution is -0.0108. The number of rotatable bonds is 2. The van der Waals surface area contributed by atoms with Crippen molar-refractivity contribution >= 4 is 6.09 Å². The summed E-state index contributed by atoms with van der Waals surface area (Å²) in [5.41, 5.74) is 2.06. The predicted molar refractivity (Wildman–Crippen MR) is 84.8 cm³/mol. The maximum atomic E-state index is 12.2. The van der Waals surface area contributed by atoms with Crippen molar-refractivity contribution < 1.29 is 14.1 Å². The van der Waals surface area contributed by atoms with Crippen LogP contribution in [0.3, 0.4) is 0 Å². The summed E-state index contributed by atoms with van der Waals surface area (Å²) >= 11 is 0. The number of hydrogen-bond acceptors (Lipinski definition) is 5. The molecule has 0 unspecified atom stereocenters. The van der Waals surface area contributed by atoms with Crippen LogP contribution in [-0.2, 0) is 4.74 Å². The van der Waals surface area contributed by atoms with Crippen LogP contribution in [0.15, 0.2) is 28.9 Å². The van der Waals surface area contributed by atoms with Gasteiger partial charge in [0.2, 0.25) is 0 Å². The second-order valence-electron chi connectivity index (χ2n) is 6.73. The van der Waals surface area contributed by atoms with Gasteiger partial charge in [0, 0.05) is 30.1 Å². The number of hydrogen-bond donors (Lipinski definition) is 0. The van der Waals surface area contributed by atoms with Gasteiger partial charge >= 0.3 is 6.09 Å². The van der Waals surface area contributed by atoms with Crippen molar-refractivity contribution in [2.24, 2.45) is 0 Å². The van der Waals surface area contributed by atoms with E-state index < -0.39 is 5.60 Å². The normalized spacial score (nSPS) is 17.7. The summed E-state index contributed by atoms with van der Waals surface area (Å²) in [6, 6.07) is 5.59. The van der Waals surface area contributed by atoms with Gasteiger partial charge in [-0.1, -0.05) is 5.16 Å². The van der Waals surface area contributed by atoms with E-state index in [9.17, 15) is 4.79 Å². The first kappa shape index (κ1) is 15.5. The number of carbonyl (C=O) groups excluding carboxylic acids is 1. The van der Waals surface area contributed by atoms with Crippen LogP contribution >= 0.6 is 0 Å². The maximum absolute atomic E-state index is 12.2. The first-order chi connectivity index (χ1) is 10.8. The van der Waals surface area contributed by atoms with Gasteiger partial charge in [-0.05, 0) is 46.2 Å². The van der Waals surface area contributed by atoms with Crippen LogP contribution in [0.4, 0.5) is 4.79 Å². The van der Waals surface area contributed by atoms with E-state index in [1.807, 2.05) is 45.9 Å². The molecule has 1 atom stereocenters. The monoisotopic (exact) mass is 315 g/mol. The third-order valence-corrected chi connectivity index (χ3v) is 3.79. The smallest absolute Gasteiger partial charge is 0.410 e. The first-order valence-corrected chi connectivity index (χ1v) is 7.73.